The second-order valence-electron chi connectivity index (χ2n) is 0.469. The normalized spacial score (nSPS) is 8.43. The fraction of sp³-hybridized carbons (Fsp3) is 0. The van der Waals surface area contributed by atoms with Gasteiger partial charge in [-0.05, 0) is 0 Å². The van der Waals surface area contributed by atoms with Crippen LogP contribution in [0.5, 0.6) is 0 Å². The Labute approximate surface area is 50.4 Å². The van der Waals surface area contributed by atoms with Gasteiger partial charge in [0, 0.05) is 17.1 Å². The Kier molecular flexibility index (Phi) is 10.6. The van der Waals surface area contributed by atoms with Gasteiger partial charge < -0.3 is 24.7 Å². The van der Waals surface area contributed by atoms with Crippen LogP contribution in [0.2, 0.25) is 0 Å². The van der Waals surface area contributed by atoms with E-state index in [1.54, 1.807) is 0 Å². The molecular weight excluding hydrogens is 175 g/mol. The third kappa shape index (κ3) is 399. The Balaban J connectivity index is -0.0000000800. The Morgan fingerprint density at radius 1 is 1.43 bits per heavy atom. The van der Waals surface area contributed by atoms with Crippen LogP contribution in [-0.4, -0.2) is 10.4 Å². The molecular formula is H2CuO5P-3. The molecule has 0 rings (SSSR count). The van der Waals surface area contributed by atoms with Crippen molar-refractivity contribution in [3.8, 4) is 0 Å². The van der Waals surface area contributed by atoms with Gasteiger partial charge in [-0.3, -0.25) is 0 Å². The van der Waals surface area contributed by atoms with Gasteiger partial charge in [0.25, 0.3) is 0 Å². The first kappa shape index (κ1) is 15.6. The molecule has 0 aromatic heterocycles. The van der Waals surface area contributed by atoms with Crippen LogP contribution < -0.4 is 9.79 Å². The Bertz CT molecular complexity index is 54.2. The summed E-state index contributed by atoms with van der Waals surface area (Å²) in [6, 6.07) is 0. The van der Waals surface area contributed by atoms with Gasteiger partial charge in [-0.15, -0.1) is 0 Å². The van der Waals surface area contributed by atoms with Crippen molar-refractivity contribution in [3.05, 3.63) is 0 Å². The summed E-state index contributed by atoms with van der Waals surface area (Å²) in [5.74, 6) is 0. The van der Waals surface area contributed by atoms with Crippen LogP contribution >= 0.6 is 7.82 Å². The zero-order chi connectivity index (χ0) is 4.50. The zero-order valence-corrected chi connectivity index (χ0v) is 4.70. The smallest absolute Gasteiger partial charge is 0.0557 e. The van der Waals surface area contributed by atoms with E-state index in [2.05, 4.69) is 0 Å². The van der Waals surface area contributed by atoms with Crippen molar-refractivity contribution in [1.29, 1.82) is 0 Å². The summed E-state index contributed by atoms with van der Waals surface area (Å²) in [5.41, 5.74) is 0. The van der Waals surface area contributed by atoms with Crippen LogP contribution in [0.4, 0.5) is 0 Å². The first-order valence-corrected chi connectivity index (χ1v) is 2.24. The van der Waals surface area contributed by atoms with Crippen molar-refractivity contribution in [1.82, 2.24) is 0 Å². The predicted molar refractivity (Wildman–Crippen MR) is 11.8 cm³/mol. The molecule has 0 aromatic rings. The summed E-state index contributed by atoms with van der Waals surface area (Å²) in [4.78, 5) is 24.3. The van der Waals surface area contributed by atoms with E-state index >= 15 is 0 Å². The zero-order valence-electron chi connectivity index (χ0n) is 2.87. The summed E-state index contributed by atoms with van der Waals surface area (Å²) >= 11 is 0. The molecule has 2 N–H and O–H groups in total. The van der Waals surface area contributed by atoms with Crippen molar-refractivity contribution in [3.63, 3.8) is 0 Å². The van der Waals surface area contributed by atoms with E-state index in [-0.39, 0.29) is 22.5 Å². The van der Waals surface area contributed by atoms with E-state index in [9.17, 15) is 0 Å². The number of hydrogen-bond acceptors (Lipinski definition) is 4. The molecule has 51 valence electrons. The van der Waals surface area contributed by atoms with Gasteiger partial charge in [-0.25, -0.2) is 0 Å². The van der Waals surface area contributed by atoms with E-state index in [4.69, 9.17) is 19.2 Å². The number of rotatable bonds is 0. The minimum absolute atomic E-state index is 0. The summed E-state index contributed by atoms with van der Waals surface area (Å²) in [6.07, 6.45) is 0. The van der Waals surface area contributed by atoms with E-state index < -0.39 is 7.82 Å². The van der Waals surface area contributed by atoms with Gasteiger partial charge in [0.15, 0.2) is 0 Å². The molecule has 0 bridgehead atoms. The van der Waals surface area contributed by atoms with Gasteiger partial charge in [-0.1, -0.05) is 0 Å². The molecule has 0 amide bonds. The van der Waals surface area contributed by atoms with Gasteiger partial charge >= 0.3 is 0 Å². The SMILES string of the molecule is O=P([O-])([O-])O.[Cu].[OH-]. The molecule has 0 aliphatic carbocycles. The average Bonchev–Trinajstić information content (AvgIpc) is 0.722. The third-order valence-electron chi connectivity index (χ3n) is 0. The van der Waals surface area contributed by atoms with Crippen molar-refractivity contribution in [2.45, 2.75) is 0 Å². The summed E-state index contributed by atoms with van der Waals surface area (Å²) in [7, 11) is -5.14. The Morgan fingerprint density at radius 3 is 1.43 bits per heavy atom. The van der Waals surface area contributed by atoms with Gasteiger partial charge in [0.1, 0.15) is 0 Å². The van der Waals surface area contributed by atoms with Crippen LogP contribution in [0.1, 0.15) is 0 Å². The Morgan fingerprint density at radius 2 is 1.43 bits per heavy atom. The summed E-state index contributed by atoms with van der Waals surface area (Å²) < 4.78 is 8.66. The van der Waals surface area contributed by atoms with Crippen molar-refractivity contribution in [2.75, 3.05) is 0 Å². The average molecular weight is 177 g/mol. The van der Waals surface area contributed by atoms with E-state index in [0.717, 1.165) is 0 Å². The minimum Gasteiger partial charge on any atom is -0.870 e. The van der Waals surface area contributed by atoms with Crippen molar-refractivity contribution < 1.29 is 41.8 Å². The molecule has 0 aliphatic rings. The van der Waals surface area contributed by atoms with Gasteiger partial charge in [0.05, 0.1) is 7.82 Å². The van der Waals surface area contributed by atoms with Crippen LogP contribution in [-0.2, 0) is 21.6 Å². The summed E-state index contributed by atoms with van der Waals surface area (Å²) in [5, 5.41) is 0. The fourth-order valence-corrected chi connectivity index (χ4v) is 0. The quantitative estimate of drug-likeness (QED) is 0.327. The Hall–Kier alpha value is 0.589. The standard InChI is InChI=1S/Cu.H3O4P.H2O/c;1-5(2,3)4;/h;(H3,1,2,3,4);1H2/p-3. The second-order valence-corrected chi connectivity index (χ2v) is 1.41. The molecule has 0 saturated carbocycles. The molecule has 1 radical (unpaired) electrons. The van der Waals surface area contributed by atoms with E-state index in [1.807, 2.05) is 0 Å². The molecule has 0 heterocycles. The number of hydrogen-bond donors (Lipinski definition) is 1. The molecule has 0 aromatic carbocycles. The van der Waals surface area contributed by atoms with Crippen LogP contribution in [0, 0.1) is 0 Å². The molecule has 0 unspecified atom stereocenters. The van der Waals surface area contributed by atoms with Gasteiger partial charge in [-0.2, -0.15) is 0 Å². The number of phosphoric acid groups is 1. The first-order valence-electron chi connectivity index (χ1n) is 0.748. The molecule has 0 spiro atoms. The maximum Gasteiger partial charge on any atom is 0.0557 e. The predicted octanol–water partition coefficient (Wildman–Crippen LogP) is -2.37. The molecule has 0 atom stereocenters. The molecule has 0 saturated heterocycles. The second kappa shape index (κ2) is 4.74. The minimum atomic E-state index is -5.14. The molecule has 0 aliphatic heterocycles. The molecule has 5 nitrogen and oxygen atoms in total. The monoisotopic (exact) mass is 176 g/mol. The maximum absolute atomic E-state index is 8.66. The third-order valence-corrected chi connectivity index (χ3v) is 0. The van der Waals surface area contributed by atoms with E-state index in [0.29, 0.717) is 0 Å². The van der Waals surface area contributed by atoms with Crippen LogP contribution in [0.15, 0.2) is 0 Å². The van der Waals surface area contributed by atoms with Gasteiger partial charge in [0.2, 0.25) is 0 Å². The molecule has 7 heavy (non-hydrogen) atoms. The van der Waals surface area contributed by atoms with Crippen molar-refractivity contribution in [2.24, 2.45) is 0 Å². The van der Waals surface area contributed by atoms with Crippen LogP contribution in [0.3, 0.4) is 0 Å². The molecule has 7 heteroatoms. The fourth-order valence-electron chi connectivity index (χ4n) is 0. The topological polar surface area (TPSA) is 113 Å². The first-order chi connectivity index (χ1) is 2.00. The maximum atomic E-state index is 8.66. The van der Waals surface area contributed by atoms with Crippen molar-refractivity contribution >= 4 is 7.82 Å². The summed E-state index contributed by atoms with van der Waals surface area (Å²) in [6.45, 7) is 0. The van der Waals surface area contributed by atoms with E-state index in [1.165, 1.54) is 0 Å². The van der Waals surface area contributed by atoms with Crippen LogP contribution in [0.25, 0.3) is 0 Å². The molecule has 0 fully saturated rings. The largest absolute Gasteiger partial charge is 0.870 e.